The van der Waals surface area contributed by atoms with Crippen molar-refractivity contribution >= 4 is 56.3 Å². The van der Waals surface area contributed by atoms with E-state index < -0.39 is 16.3 Å². The van der Waals surface area contributed by atoms with Crippen molar-refractivity contribution in [3.63, 3.8) is 0 Å². The topological polar surface area (TPSA) is 74.7 Å². The molecule has 0 spiro atoms. The summed E-state index contributed by atoms with van der Waals surface area (Å²) in [6, 6.07) is 9.57. The average molecular weight is 372 g/mol. The summed E-state index contributed by atoms with van der Waals surface area (Å²) in [6.07, 6.45) is 0. The van der Waals surface area contributed by atoms with Crippen LogP contribution in [-0.4, -0.2) is 25.0 Å². The van der Waals surface area contributed by atoms with Crippen molar-refractivity contribution in [2.75, 3.05) is 4.90 Å². The first-order valence-corrected chi connectivity index (χ1v) is 8.20. The molecule has 0 atom stereocenters. The van der Waals surface area contributed by atoms with Gasteiger partial charge in [0.2, 0.25) is 10.3 Å². The summed E-state index contributed by atoms with van der Waals surface area (Å²) in [5, 5.41) is 9.21. The number of aryl methyl sites for hydroxylation is 1. The molecule has 1 N–H and O–H groups in total. The Balaban J connectivity index is 2.72. The second-order valence-electron chi connectivity index (χ2n) is 4.66. The van der Waals surface area contributed by atoms with Gasteiger partial charge < -0.3 is 10.0 Å². The van der Waals surface area contributed by atoms with E-state index in [9.17, 15) is 18.3 Å². The highest BCUT2D eigenvalue weighted by molar-refractivity contribution is 7.71. The number of carbonyl (C=O) groups is 1. The molecule has 0 saturated carbocycles. The maximum atomic E-state index is 11.3. The van der Waals surface area contributed by atoms with Crippen LogP contribution in [0.3, 0.4) is 0 Å². The molecule has 0 radical (unpaired) electrons. The third-order valence-corrected chi connectivity index (χ3v) is 4.01. The van der Waals surface area contributed by atoms with Crippen LogP contribution >= 0.6 is 23.2 Å². The minimum absolute atomic E-state index is 0.107. The van der Waals surface area contributed by atoms with Crippen molar-refractivity contribution in [2.24, 2.45) is 0 Å². The molecule has 0 aliphatic rings. The monoisotopic (exact) mass is 371 g/mol. The fourth-order valence-corrected chi connectivity index (χ4v) is 2.85. The van der Waals surface area contributed by atoms with Crippen molar-refractivity contribution in [3.8, 4) is 0 Å². The van der Waals surface area contributed by atoms with Gasteiger partial charge in [-0.2, -0.15) is 8.42 Å². The van der Waals surface area contributed by atoms with Crippen molar-refractivity contribution in [2.45, 2.75) is 6.92 Å². The fourth-order valence-electron chi connectivity index (χ4n) is 1.95. The Morgan fingerprint density at radius 2 is 1.78 bits per heavy atom. The summed E-state index contributed by atoms with van der Waals surface area (Å²) >= 11 is 12.1. The van der Waals surface area contributed by atoms with Gasteiger partial charge in [-0.1, -0.05) is 40.9 Å². The summed E-state index contributed by atoms with van der Waals surface area (Å²) in [6.45, 7) is 1.89. The molecule has 0 aliphatic carbocycles. The predicted molar refractivity (Wildman–Crippen MR) is 91.7 cm³/mol. The molecule has 0 amide bonds. The lowest BCUT2D eigenvalue weighted by atomic mass is 10.1. The second-order valence-corrected chi connectivity index (χ2v) is 6.21. The molecule has 0 saturated heterocycles. The molecule has 120 valence electrons. The zero-order chi connectivity index (χ0) is 17.1. The highest BCUT2D eigenvalue weighted by Crippen LogP contribution is 2.36. The number of aromatic carboxylic acids is 1. The van der Waals surface area contributed by atoms with Crippen LogP contribution in [0.1, 0.15) is 15.9 Å². The van der Waals surface area contributed by atoms with Crippen LogP contribution in [-0.2, 0) is 10.3 Å². The Labute approximate surface area is 144 Å². The molecule has 0 bridgehead atoms. The smallest absolute Gasteiger partial charge is 0.337 e. The first-order valence-electron chi connectivity index (χ1n) is 6.31. The number of carboxylic acids is 1. The van der Waals surface area contributed by atoms with E-state index in [-0.39, 0.29) is 21.3 Å². The van der Waals surface area contributed by atoms with Gasteiger partial charge in [0, 0.05) is 10.7 Å². The largest absolute Gasteiger partial charge is 0.478 e. The molecule has 0 aliphatic heterocycles. The fraction of sp³-hybridized carbons (Fsp3) is 0.0667. The average Bonchev–Trinajstić information content (AvgIpc) is 2.47. The van der Waals surface area contributed by atoms with Crippen LogP contribution < -0.4 is 4.90 Å². The lowest BCUT2D eigenvalue weighted by Crippen LogP contribution is -2.16. The van der Waals surface area contributed by atoms with Crippen LogP contribution in [0, 0.1) is 6.92 Å². The van der Waals surface area contributed by atoms with Crippen molar-refractivity contribution in [3.05, 3.63) is 57.6 Å². The Morgan fingerprint density at radius 1 is 1.17 bits per heavy atom. The molecular formula is C15H11Cl2NO4S. The van der Waals surface area contributed by atoms with Gasteiger partial charge in [0.25, 0.3) is 0 Å². The maximum Gasteiger partial charge on any atom is 0.337 e. The normalized spacial score (nSPS) is 10.2. The van der Waals surface area contributed by atoms with E-state index in [1.165, 1.54) is 17.0 Å². The van der Waals surface area contributed by atoms with Gasteiger partial charge >= 0.3 is 5.97 Å². The number of hydrogen-bond donors (Lipinski definition) is 1. The van der Waals surface area contributed by atoms with E-state index in [1.54, 1.807) is 24.3 Å². The summed E-state index contributed by atoms with van der Waals surface area (Å²) in [7, 11) is -2.53. The van der Waals surface area contributed by atoms with Gasteiger partial charge in [-0.15, -0.1) is 0 Å². The van der Waals surface area contributed by atoms with Gasteiger partial charge in [0.05, 0.1) is 16.3 Å². The van der Waals surface area contributed by atoms with Gasteiger partial charge in [0.1, 0.15) is 5.49 Å². The van der Waals surface area contributed by atoms with Crippen LogP contribution in [0.4, 0.5) is 11.4 Å². The third kappa shape index (κ3) is 4.04. The Kier molecular flexibility index (Phi) is 5.30. The van der Waals surface area contributed by atoms with E-state index in [0.717, 1.165) is 11.1 Å². The quantitative estimate of drug-likeness (QED) is 0.827. The van der Waals surface area contributed by atoms with E-state index in [4.69, 9.17) is 23.2 Å². The zero-order valence-electron chi connectivity index (χ0n) is 11.8. The molecule has 5 nitrogen and oxygen atoms in total. The van der Waals surface area contributed by atoms with Crippen molar-refractivity contribution < 1.29 is 18.3 Å². The molecular weight excluding hydrogens is 361 g/mol. The minimum Gasteiger partial charge on any atom is -0.478 e. The number of benzene rings is 2. The van der Waals surface area contributed by atoms with Gasteiger partial charge in [-0.25, -0.2) is 4.79 Å². The molecule has 8 heteroatoms. The first kappa shape index (κ1) is 17.3. The van der Waals surface area contributed by atoms with Crippen molar-refractivity contribution in [1.29, 1.82) is 0 Å². The summed E-state index contributed by atoms with van der Waals surface area (Å²) in [5.74, 6) is -1.26. The number of nitrogens with zero attached hydrogens (tertiary/aromatic N) is 1. The van der Waals surface area contributed by atoms with Crippen LogP contribution in [0.5, 0.6) is 0 Å². The molecule has 2 rings (SSSR count). The molecule has 0 unspecified atom stereocenters. The van der Waals surface area contributed by atoms with E-state index in [1.807, 2.05) is 6.92 Å². The number of halogens is 2. The highest BCUT2D eigenvalue weighted by Gasteiger charge is 2.19. The summed E-state index contributed by atoms with van der Waals surface area (Å²) < 4.78 is 22.3. The molecule has 0 heterocycles. The van der Waals surface area contributed by atoms with E-state index >= 15 is 0 Å². The van der Waals surface area contributed by atoms with Gasteiger partial charge in [0.15, 0.2) is 0 Å². The van der Waals surface area contributed by atoms with E-state index in [2.05, 4.69) is 0 Å². The number of hydrogen-bond acceptors (Lipinski definition) is 3. The zero-order valence-corrected chi connectivity index (χ0v) is 14.2. The molecule has 0 aromatic heterocycles. The third-order valence-electron chi connectivity index (χ3n) is 3.01. The SMILES string of the molecule is Cc1ccc(N(C=S(=O)=O)c2cc(Cl)cc(C(=O)O)c2Cl)cc1. The number of rotatable bonds is 4. The number of anilines is 2. The predicted octanol–water partition coefficient (Wildman–Crippen LogP) is 3.78. The Morgan fingerprint density at radius 3 is 2.30 bits per heavy atom. The van der Waals surface area contributed by atoms with Crippen LogP contribution in [0.25, 0.3) is 0 Å². The highest BCUT2D eigenvalue weighted by atomic mass is 35.5. The summed E-state index contributed by atoms with van der Waals surface area (Å²) in [5.41, 5.74) is 2.33. The Hall–Kier alpha value is -2.02. The molecule has 0 fully saturated rings. The van der Waals surface area contributed by atoms with Gasteiger partial charge in [-0.3, -0.25) is 0 Å². The Bertz CT molecular complexity index is 884. The van der Waals surface area contributed by atoms with Crippen LogP contribution in [0.15, 0.2) is 36.4 Å². The van der Waals surface area contributed by atoms with E-state index in [0.29, 0.717) is 5.69 Å². The number of carboxylic acid groups (broad SMARTS) is 1. The van der Waals surface area contributed by atoms with Crippen LogP contribution in [0.2, 0.25) is 10.0 Å². The molecule has 2 aromatic rings. The lowest BCUT2D eigenvalue weighted by molar-refractivity contribution is 0.0697. The molecule has 23 heavy (non-hydrogen) atoms. The maximum absolute atomic E-state index is 11.3. The van der Waals surface area contributed by atoms with Gasteiger partial charge in [-0.05, 0) is 31.2 Å². The standard InChI is InChI=1S/C15H11Cl2NO4S/c1-9-2-4-11(5-3-9)18(8-23(21)22)13-7-10(16)6-12(14(13)17)15(19)20/h2-8H,1H3,(H,19,20). The van der Waals surface area contributed by atoms with Crippen molar-refractivity contribution in [1.82, 2.24) is 0 Å². The minimum atomic E-state index is -2.53. The second kappa shape index (κ2) is 7.04. The first-order chi connectivity index (χ1) is 10.8. The summed E-state index contributed by atoms with van der Waals surface area (Å²) in [4.78, 5) is 12.5. The lowest BCUT2D eigenvalue weighted by Gasteiger charge is -2.21. The molecule has 2 aromatic carbocycles.